The van der Waals surface area contributed by atoms with Crippen LogP contribution in [0.15, 0.2) is 29.6 Å². The second-order valence-corrected chi connectivity index (χ2v) is 4.31. The van der Waals surface area contributed by atoms with Crippen molar-refractivity contribution in [2.45, 2.75) is 25.4 Å². The summed E-state index contributed by atoms with van der Waals surface area (Å²) in [6.45, 7) is 1.25. The van der Waals surface area contributed by atoms with Crippen LogP contribution in [0, 0.1) is 0 Å². The number of hydrogen-bond acceptors (Lipinski definition) is 5. The first kappa shape index (κ1) is 10.9. The monoisotopic (exact) mass is 246 g/mol. The van der Waals surface area contributed by atoms with E-state index in [2.05, 4.69) is 20.6 Å². The van der Waals surface area contributed by atoms with Crippen molar-refractivity contribution in [1.82, 2.24) is 24.5 Å². The molecule has 1 fully saturated rings. The molecule has 0 saturated heterocycles. The third-order valence-electron chi connectivity index (χ3n) is 2.91. The molecule has 0 bridgehead atoms. The van der Waals surface area contributed by atoms with Crippen LogP contribution in [-0.4, -0.2) is 31.1 Å². The maximum Gasteiger partial charge on any atom is 0.293 e. The van der Waals surface area contributed by atoms with Gasteiger partial charge in [0.05, 0.1) is 12.7 Å². The van der Waals surface area contributed by atoms with Crippen LogP contribution in [0.4, 0.5) is 5.82 Å². The maximum absolute atomic E-state index is 12.0. The van der Waals surface area contributed by atoms with Gasteiger partial charge in [0, 0.05) is 31.2 Å². The molecule has 1 aliphatic rings. The largest absolute Gasteiger partial charge is 0.364 e. The molecule has 0 spiro atoms. The van der Waals surface area contributed by atoms with E-state index in [1.807, 2.05) is 0 Å². The highest BCUT2D eigenvalue weighted by Gasteiger charge is 2.25. The summed E-state index contributed by atoms with van der Waals surface area (Å²) in [5.74, 6) is 0.407. The third-order valence-corrected chi connectivity index (χ3v) is 2.91. The SMILES string of the molecule is O=c1c(NCCn2ccnn2)nccn1C1CC1. The average Bonchev–Trinajstić information content (AvgIpc) is 3.09. The second kappa shape index (κ2) is 4.59. The van der Waals surface area contributed by atoms with Crippen molar-refractivity contribution in [2.75, 3.05) is 11.9 Å². The van der Waals surface area contributed by atoms with Crippen LogP contribution in [-0.2, 0) is 6.54 Å². The molecule has 0 radical (unpaired) electrons. The number of anilines is 1. The van der Waals surface area contributed by atoms with Crippen LogP contribution >= 0.6 is 0 Å². The van der Waals surface area contributed by atoms with Crippen LogP contribution in [0.3, 0.4) is 0 Å². The van der Waals surface area contributed by atoms with Gasteiger partial charge in [0.1, 0.15) is 0 Å². The van der Waals surface area contributed by atoms with Crippen LogP contribution < -0.4 is 10.9 Å². The van der Waals surface area contributed by atoms with Gasteiger partial charge in [0.2, 0.25) is 0 Å². The Balaban J connectivity index is 1.65. The van der Waals surface area contributed by atoms with Gasteiger partial charge in [0.25, 0.3) is 5.56 Å². The zero-order valence-electron chi connectivity index (χ0n) is 9.86. The molecule has 94 valence electrons. The van der Waals surface area contributed by atoms with E-state index < -0.39 is 0 Å². The van der Waals surface area contributed by atoms with E-state index in [1.54, 1.807) is 34.0 Å². The van der Waals surface area contributed by atoms with Crippen molar-refractivity contribution in [3.8, 4) is 0 Å². The van der Waals surface area contributed by atoms with E-state index in [0.717, 1.165) is 12.8 Å². The Morgan fingerprint density at radius 2 is 2.22 bits per heavy atom. The maximum atomic E-state index is 12.0. The summed E-state index contributed by atoms with van der Waals surface area (Å²) in [5, 5.41) is 10.6. The molecular formula is C11H14N6O. The average molecular weight is 246 g/mol. The van der Waals surface area contributed by atoms with E-state index in [4.69, 9.17) is 0 Å². The lowest BCUT2D eigenvalue weighted by atomic mass is 10.5. The highest BCUT2D eigenvalue weighted by molar-refractivity contribution is 5.30. The molecule has 7 nitrogen and oxygen atoms in total. The first-order valence-corrected chi connectivity index (χ1v) is 6.00. The minimum Gasteiger partial charge on any atom is -0.364 e. The molecule has 0 atom stereocenters. The molecule has 2 aromatic rings. The summed E-state index contributed by atoms with van der Waals surface area (Å²) in [4.78, 5) is 16.1. The van der Waals surface area contributed by atoms with Crippen molar-refractivity contribution in [3.63, 3.8) is 0 Å². The number of nitrogens with zero attached hydrogens (tertiary/aromatic N) is 5. The summed E-state index contributed by atoms with van der Waals surface area (Å²) in [6, 6.07) is 0.372. The van der Waals surface area contributed by atoms with Gasteiger partial charge in [-0.3, -0.25) is 9.48 Å². The van der Waals surface area contributed by atoms with Crippen molar-refractivity contribution in [3.05, 3.63) is 35.1 Å². The smallest absolute Gasteiger partial charge is 0.293 e. The van der Waals surface area contributed by atoms with E-state index in [1.165, 1.54) is 0 Å². The Morgan fingerprint density at radius 1 is 1.33 bits per heavy atom. The molecule has 1 N–H and O–H groups in total. The lowest BCUT2D eigenvalue weighted by Gasteiger charge is -2.07. The summed E-state index contributed by atoms with van der Waals surface area (Å²) in [5.41, 5.74) is -0.0430. The summed E-state index contributed by atoms with van der Waals surface area (Å²) < 4.78 is 3.46. The molecule has 2 heterocycles. The van der Waals surface area contributed by atoms with E-state index in [0.29, 0.717) is 24.9 Å². The number of hydrogen-bond donors (Lipinski definition) is 1. The molecule has 0 amide bonds. The fourth-order valence-electron chi connectivity index (χ4n) is 1.83. The van der Waals surface area contributed by atoms with Crippen LogP contribution in [0.1, 0.15) is 18.9 Å². The predicted octanol–water partition coefficient (Wildman–Crippen LogP) is 0.282. The molecule has 0 unspecified atom stereocenters. The van der Waals surface area contributed by atoms with Crippen LogP contribution in [0.2, 0.25) is 0 Å². The lowest BCUT2D eigenvalue weighted by Crippen LogP contribution is -2.25. The second-order valence-electron chi connectivity index (χ2n) is 4.31. The molecule has 0 aromatic carbocycles. The van der Waals surface area contributed by atoms with Gasteiger partial charge in [-0.15, -0.1) is 5.10 Å². The van der Waals surface area contributed by atoms with Gasteiger partial charge >= 0.3 is 0 Å². The zero-order valence-corrected chi connectivity index (χ0v) is 9.86. The van der Waals surface area contributed by atoms with Crippen LogP contribution in [0.25, 0.3) is 0 Å². The Hall–Kier alpha value is -2.18. The van der Waals surface area contributed by atoms with Crippen LogP contribution in [0.5, 0.6) is 0 Å². The van der Waals surface area contributed by atoms with Crippen molar-refractivity contribution < 1.29 is 0 Å². The van der Waals surface area contributed by atoms with Gasteiger partial charge in [-0.2, -0.15) is 0 Å². The normalized spacial score (nSPS) is 14.7. The highest BCUT2D eigenvalue weighted by Crippen LogP contribution is 2.33. The van der Waals surface area contributed by atoms with Crippen molar-refractivity contribution >= 4 is 5.82 Å². The fraction of sp³-hybridized carbons (Fsp3) is 0.455. The van der Waals surface area contributed by atoms with Gasteiger partial charge in [-0.1, -0.05) is 5.21 Å². The molecule has 2 aromatic heterocycles. The fourth-order valence-corrected chi connectivity index (χ4v) is 1.83. The van der Waals surface area contributed by atoms with E-state index >= 15 is 0 Å². The Labute approximate surface area is 103 Å². The number of aromatic nitrogens is 5. The molecule has 1 saturated carbocycles. The van der Waals surface area contributed by atoms with Crippen molar-refractivity contribution in [2.24, 2.45) is 0 Å². The standard InChI is InChI=1S/C11H14N6O/c18-11-10(12-3-6-16-7-5-14-15-16)13-4-8-17(11)9-1-2-9/h4-5,7-9H,1-3,6H2,(H,12,13). The van der Waals surface area contributed by atoms with Gasteiger partial charge in [-0.05, 0) is 12.8 Å². The quantitative estimate of drug-likeness (QED) is 0.820. The number of rotatable bonds is 5. The Bertz CT molecular complexity index is 571. The van der Waals surface area contributed by atoms with E-state index in [9.17, 15) is 4.79 Å². The summed E-state index contributed by atoms with van der Waals surface area (Å²) >= 11 is 0. The third kappa shape index (κ3) is 2.24. The highest BCUT2D eigenvalue weighted by atomic mass is 16.1. The van der Waals surface area contributed by atoms with Gasteiger partial charge in [-0.25, -0.2) is 4.98 Å². The molecule has 18 heavy (non-hydrogen) atoms. The predicted molar refractivity (Wildman–Crippen MR) is 65.3 cm³/mol. The summed E-state index contributed by atoms with van der Waals surface area (Å²) in [6.07, 6.45) is 8.99. The molecule has 1 aliphatic carbocycles. The number of nitrogens with one attached hydrogen (secondary N) is 1. The zero-order chi connectivity index (χ0) is 12.4. The Morgan fingerprint density at radius 3 is 2.94 bits per heavy atom. The van der Waals surface area contributed by atoms with E-state index in [-0.39, 0.29) is 5.56 Å². The summed E-state index contributed by atoms with van der Waals surface area (Å²) in [7, 11) is 0. The molecule has 0 aliphatic heterocycles. The lowest BCUT2D eigenvalue weighted by molar-refractivity contribution is 0.606. The first-order valence-electron chi connectivity index (χ1n) is 6.00. The Kier molecular flexibility index (Phi) is 2.79. The van der Waals surface area contributed by atoms with Gasteiger partial charge < -0.3 is 9.88 Å². The van der Waals surface area contributed by atoms with Gasteiger partial charge in [0.15, 0.2) is 5.82 Å². The minimum atomic E-state index is -0.0430. The topological polar surface area (TPSA) is 77.6 Å². The molecule has 3 rings (SSSR count). The first-order chi connectivity index (χ1) is 8.84. The molecule has 7 heteroatoms. The molecular weight excluding hydrogens is 232 g/mol. The minimum absolute atomic E-state index is 0.0430. The van der Waals surface area contributed by atoms with Crippen molar-refractivity contribution in [1.29, 1.82) is 0 Å².